The monoisotopic (exact) mass is 445 g/mol. The van der Waals surface area contributed by atoms with Crippen LogP contribution in [0.1, 0.15) is 57.1 Å². The van der Waals surface area contributed by atoms with E-state index in [0.29, 0.717) is 30.8 Å². The van der Waals surface area contributed by atoms with Gasteiger partial charge in [-0.3, -0.25) is 4.79 Å². The van der Waals surface area contributed by atoms with Gasteiger partial charge in [0.1, 0.15) is 12.4 Å². The fourth-order valence-electron chi connectivity index (χ4n) is 4.40. The number of hydrogen-bond donors (Lipinski definition) is 1. The van der Waals surface area contributed by atoms with Crippen molar-refractivity contribution in [3.63, 3.8) is 0 Å². The van der Waals surface area contributed by atoms with Gasteiger partial charge < -0.3 is 14.8 Å². The smallest absolute Gasteiger partial charge is 0.336 e. The molecule has 5 nitrogen and oxygen atoms in total. The first-order valence-electron chi connectivity index (χ1n) is 11.6. The number of allylic oxidation sites excluding steroid dienone is 3. The van der Waals surface area contributed by atoms with Crippen LogP contribution in [0.25, 0.3) is 0 Å². The van der Waals surface area contributed by atoms with Gasteiger partial charge in [0, 0.05) is 29.3 Å². The van der Waals surface area contributed by atoms with Gasteiger partial charge in [-0.25, -0.2) is 4.79 Å². The Morgan fingerprint density at radius 2 is 1.79 bits per heavy atom. The maximum atomic E-state index is 13.1. The topological polar surface area (TPSA) is 64.6 Å². The summed E-state index contributed by atoms with van der Waals surface area (Å²) in [5.74, 6) is 0.270. The van der Waals surface area contributed by atoms with Crippen LogP contribution >= 0.6 is 0 Å². The quantitative estimate of drug-likeness (QED) is 0.576. The summed E-state index contributed by atoms with van der Waals surface area (Å²) in [5, 5.41) is 3.33. The number of hydrogen-bond acceptors (Lipinski definition) is 5. The second kappa shape index (κ2) is 10.1. The molecule has 33 heavy (non-hydrogen) atoms. The van der Waals surface area contributed by atoms with Crippen molar-refractivity contribution in [2.75, 3.05) is 6.61 Å². The number of nitrogens with one attached hydrogen (secondary N) is 1. The largest absolute Gasteiger partial charge is 0.489 e. The van der Waals surface area contributed by atoms with Gasteiger partial charge in [-0.05, 0) is 48.9 Å². The van der Waals surface area contributed by atoms with Gasteiger partial charge in [0.15, 0.2) is 5.78 Å². The number of rotatable bonds is 7. The van der Waals surface area contributed by atoms with Crippen LogP contribution in [0.5, 0.6) is 5.75 Å². The van der Waals surface area contributed by atoms with Crippen molar-refractivity contribution in [2.24, 2.45) is 5.92 Å². The van der Waals surface area contributed by atoms with Crippen molar-refractivity contribution in [2.45, 2.75) is 52.6 Å². The molecule has 1 heterocycles. The zero-order valence-corrected chi connectivity index (χ0v) is 19.5. The molecule has 4 rings (SSSR count). The SMILES string of the molecule is CC1=C(C(=O)OCC(C)C)C(c2ccc(OCc3ccccc3)cc2)C2=C(CCCC2=O)N1. The fourth-order valence-corrected chi connectivity index (χ4v) is 4.40. The van der Waals surface area contributed by atoms with E-state index >= 15 is 0 Å². The summed E-state index contributed by atoms with van der Waals surface area (Å²) in [7, 11) is 0. The van der Waals surface area contributed by atoms with Crippen LogP contribution in [-0.2, 0) is 20.9 Å². The molecule has 0 amide bonds. The number of esters is 1. The van der Waals surface area contributed by atoms with Gasteiger partial charge in [-0.2, -0.15) is 0 Å². The summed E-state index contributed by atoms with van der Waals surface area (Å²) in [6, 6.07) is 17.7. The number of dihydropyridines is 1. The van der Waals surface area contributed by atoms with E-state index in [9.17, 15) is 9.59 Å². The molecule has 0 aromatic heterocycles. The Hall–Kier alpha value is -3.34. The predicted octanol–water partition coefficient (Wildman–Crippen LogP) is 5.43. The number of carbonyl (C=O) groups is 2. The zero-order valence-electron chi connectivity index (χ0n) is 19.5. The van der Waals surface area contributed by atoms with Crippen molar-refractivity contribution >= 4 is 11.8 Å². The second-order valence-electron chi connectivity index (χ2n) is 9.10. The molecule has 1 aliphatic heterocycles. The van der Waals surface area contributed by atoms with Crippen molar-refractivity contribution in [1.82, 2.24) is 5.32 Å². The highest BCUT2D eigenvalue weighted by Crippen LogP contribution is 2.42. The molecule has 0 fully saturated rings. The van der Waals surface area contributed by atoms with Gasteiger partial charge in [0.05, 0.1) is 12.2 Å². The lowest BCUT2D eigenvalue weighted by Crippen LogP contribution is -2.34. The van der Waals surface area contributed by atoms with E-state index in [0.717, 1.165) is 41.1 Å². The molecule has 0 spiro atoms. The maximum absolute atomic E-state index is 13.1. The molecule has 2 aromatic rings. The van der Waals surface area contributed by atoms with E-state index in [4.69, 9.17) is 9.47 Å². The highest BCUT2D eigenvalue weighted by molar-refractivity contribution is 6.03. The van der Waals surface area contributed by atoms with Crippen molar-refractivity contribution < 1.29 is 19.1 Å². The first-order chi connectivity index (χ1) is 15.9. The standard InChI is InChI=1S/C28H31NO4/c1-18(2)16-33-28(31)25-19(3)29-23-10-7-11-24(30)27(23)26(25)21-12-14-22(15-13-21)32-17-20-8-5-4-6-9-20/h4-6,8-9,12-15,18,26,29H,7,10-11,16-17H2,1-3H3. The Bertz CT molecular complexity index is 1080. The van der Waals surface area contributed by atoms with Crippen molar-refractivity contribution in [3.8, 4) is 5.75 Å². The second-order valence-corrected chi connectivity index (χ2v) is 9.10. The number of Topliss-reactive ketones (excluding diaryl/α,β-unsaturated/α-hetero) is 1. The maximum Gasteiger partial charge on any atom is 0.336 e. The van der Waals surface area contributed by atoms with Gasteiger partial charge >= 0.3 is 5.97 Å². The van der Waals surface area contributed by atoms with Gasteiger partial charge in [0.25, 0.3) is 0 Å². The summed E-state index contributed by atoms with van der Waals surface area (Å²) >= 11 is 0. The minimum absolute atomic E-state index is 0.0970. The molecule has 5 heteroatoms. The van der Waals surface area contributed by atoms with Crippen LogP contribution in [-0.4, -0.2) is 18.4 Å². The molecule has 0 radical (unpaired) electrons. The Morgan fingerprint density at radius 1 is 1.06 bits per heavy atom. The molecule has 1 atom stereocenters. The molecule has 1 N–H and O–H groups in total. The normalized spacial score (nSPS) is 18.2. The van der Waals surface area contributed by atoms with E-state index in [1.807, 2.05) is 75.4 Å². The molecule has 1 unspecified atom stereocenters. The van der Waals surface area contributed by atoms with Crippen LogP contribution in [0, 0.1) is 5.92 Å². The van der Waals surface area contributed by atoms with E-state index < -0.39 is 5.92 Å². The summed E-state index contributed by atoms with van der Waals surface area (Å²) < 4.78 is 11.5. The van der Waals surface area contributed by atoms with Crippen LogP contribution < -0.4 is 10.1 Å². The lowest BCUT2D eigenvalue weighted by Gasteiger charge is -2.34. The Morgan fingerprint density at radius 3 is 2.48 bits per heavy atom. The number of ether oxygens (including phenoxy) is 2. The van der Waals surface area contributed by atoms with Crippen molar-refractivity contribution in [1.29, 1.82) is 0 Å². The number of benzene rings is 2. The van der Waals surface area contributed by atoms with E-state index in [1.54, 1.807) is 0 Å². The molecule has 0 bridgehead atoms. The minimum atomic E-state index is -0.433. The van der Waals surface area contributed by atoms with Crippen LogP contribution in [0.2, 0.25) is 0 Å². The van der Waals surface area contributed by atoms with E-state index in [1.165, 1.54) is 0 Å². The molecule has 1 aliphatic carbocycles. The Labute approximate surface area is 195 Å². The fraction of sp³-hybridized carbons (Fsp3) is 0.357. The average Bonchev–Trinajstić information content (AvgIpc) is 2.81. The zero-order chi connectivity index (χ0) is 23.4. The van der Waals surface area contributed by atoms with Gasteiger partial charge in [-0.1, -0.05) is 56.3 Å². The third-order valence-electron chi connectivity index (χ3n) is 6.01. The molecule has 172 valence electrons. The summed E-state index contributed by atoms with van der Waals surface area (Å²) in [6.45, 7) is 6.72. The molecule has 0 saturated carbocycles. The summed E-state index contributed by atoms with van der Waals surface area (Å²) in [5.41, 5.74) is 4.88. The Kier molecular flexibility index (Phi) is 6.97. The predicted molar refractivity (Wildman–Crippen MR) is 127 cm³/mol. The molecule has 2 aromatic carbocycles. The molecule has 0 saturated heterocycles. The van der Waals surface area contributed by atoms with E-state index in [-0.39, 0.29) is 17.7 Å². The summed E-state index contributed by atoms with van der Waals surface area (Å²) in [6.07, 6.45) is 2.13. The molecular formula is C28H31NO4. The van der Waals surface area contributed by atoms with E-state index in [2.05, 4.69) is 5.32 Å². The molecular weight excluding hydrogens is 414 g/mol. The lowest BCUT2D eigenvalue weighted by molar-refractivity contribution is -0.140. The van der Waals surface area contributed by atoms with Crippen LogP contribution in [0.3, 0.4) is 0 Å². The summed E-state index contributed by atoms with van der Waals surface area (Å²) in [4.78, 5) is 26.1. The minimum Gasteiger partial charge on any atom is -0.489 e. The van der Waals surface area contributed by atoms with Crippen LogP contribution in [0.15, 0.2) is 77.1 Å². The lowest BCUT2D eigenvalue weighted by atomic mass is 9.75. The first kappa shape index (κ1) is 22.8. The van der Waals surface area contributed by atoms with Crippen LogP contribution in [0.4, 0.5) is 0 Å². The first-order valence-corrected chi connectivity index (χ1v) is 11.6. The number of ketones is 1. The average molecular weight is 446 g/mol. The Balaban J connectivity index is 1.63. The van der Waals surface area contributed by atoms with Crippen molar-refractivity contribution in [3.05, 3.63) is 88.3 Å². The third-order valence-corrected chi connectivity index (χ3v) is 6.01. The third kappa shape index (κ3) is 5.19. The number of carbonyl (C=O) groups excluding carboxylic acids is 2. The highest BCUT2D eigenvalue weighted by atomic mass is 16.5. The molecule has 2 aliphatic rings. The highest BCUT2D eigenvalue weighted by Gasteiger charge is 2.39. The van der Waals surface area contributed by atoms with Gasteiger partial charge in [-0.15, -0.1) is 0 Å². The van der Waals surface area contributed by atoms with Gasteiger partial charge in [0.2, 0.25) is 0 Å².